The lowest BCUT2D eigenvalue weighted by Gasteiger charge is -2.07. The van der Waals surface area contributed by atoms with Crippen molar-refractivity contribution in [3.05, 3.63) is 63.1 Å². The highest BCUT2D eigenvalue weighted by molar-refractivity contribution is 7.98. The van der Waals surface area contributed by atoms with Crippen LogP contribution in [0.1, 0.15) is 10.6 Å². The Bertz CT molecular complexity index is 1160. The van der Waals surface area contributed by atoms with Gasteiger partial charge in [0.15, 0.2) is 0 Å². The van der Waals surface area contributed by atoms with Crippen molar-refractivity contribution in [3.63, 3.8) is 0 Å². The van der Waals surface area contributed by atoms with Crippen LogP contribution in [0.15, 0.2) is 47.5 Å². The van der Waals surface area contributed by atoms with E-state index in [4.69, 9.17) is 32.9 Å². The van der Waals surface area contributed by atoms with Crippen LogP contribution in [0.5, 0.6) is 5.75 Å². The molecule has 0 atom stereocenters. The Morgan fingerprint density at radius 2 is 1.96 bits per heavy atom. The number of methoxy groups -OCH3 is 1. The molecule has 2 heterocycles. The van der Waals surface area contributed by atoms with Gasteiger partial charge in [-0.25, -0.2) is 4.98 Å². The number of thiazole rings is 1. The van der Waals surface area contributed by atoms with Crippen LogP contribution >= 0.6 is 46.3 Å². The number of ether oxygens (including phenoxy) is 1. The summed E-state index contributed by atoms with van der Waals surface area (Å²) in [7, 11) is 1.65. The number of aromatic nitrogens is 3. The van der Waals surface area contributed by atoms with Gasteiger partial charge >= 0.3 is 0 Å². The van der Waals surface area contributed by atoms with E-state index in [9.17, 15) is 0 Å². The molecule has 0 amide bonds. The zero-order chi connectivity index (χ0) is 19.7. The molecule has 0 saturated carbocycles. The lowest BCUT2D eigenvalue weighted by molar-refractivity contribution is 0.415. The molecule has 0 radical (unpaired) electrons. The van der Waals surface area contributed by atoms with E-state index in [-0.39, 0.29) is 0 Å². The van der Waals surface area contributed by atoms with Gasteiger partial charge in [0.05, 0.1) is 16.8 Å². The third kappa shape index (κ3) is 3.96. The van der Waals surface area contributed by atoms with Gasteiger partial charge in [-0.05, 0) is 36.8 Å². The van der Waals surface area contributed by atoms with Crippen LogP contribution in [-0.4, -0.2) is 22.3 Å². The lowest BCUT2D eigenvalue weighted by atomic mass is 10.1. The lowest BCUT2D eigenvalue weighted by Crippen LogP contribution is -1.94. The molecule has 0 aliphatic carbocycles. The average molecular weight is 448 g/mol. The number of thioether (sulfide) groups is 1. The standard InChI is InChI=1S/C20H15Cl2N3OS2/c1-11-23-18-19(28-11)17(12-4-3-5-15(8-12)26-2)24-25-20(18)27-10-13-6-7-14(21)9-16(13)22/h3-9H,10H2,1-2H3. The largest absolute Gasteiger partial charge is 0.497 e. The van der Waals surface area contributed by atoms with Crippen LogP contribution in [0.25, 0.3) is 21.5 Å². The van der Waals surface area contributed by atoms with Crippen molar-refractivity contribution in [1.29, 1.82) is 0 Å². The number of hydrogen-bond acceptors (Lipinski definition) is 6. The predicted molar refractivity (Wildman–Crippen MR) is 118 cm³/mol. The van der Waals surface area contributed by atoms with Gasteiger partial charge in [0, 0.05) is 21.4 Å². The number of aryl methyl sites for hydroxylation is 1. The number of fused-ring (bicyclic) bond motifs is 1. The van der Waals surface area contributed by atoms with Crippen LogP contribution in [0.3, 0.4) is 0 Å². The summed E-state index contributed by atoms with van der Waals surface area (Å²) in [5.41, 5.74) is 3.63. The predicted octanol–water partition coefficient (Wildman–Crippen LogP) is 6.67. The highest BCUT2D eigenvalue weighted by Gasteiger charge is 2.17. The molecule has 0 aliphatic rings. The van der Waals surface area contributed by atoms with Gasteiger partial charge in [0.25, 0.3) is 0 Å². The molecule has 0 saturated heterocycles. The van der Waals surface area contributed by atoms with Crippen LogP contribution < -0.4 is 4.74 Å². The highest BCUT2D eigenvalue weighted by Crippen LogP contribution is 2.37. The third-order valence-electron chi connectivity index (χ3n) is 4.12. The fourth-order valence-electron chi connectivity index (χ4n) is 2.76. The molecule has 0 unspecified atom stereocenters. The van der Waals surface area contributed by atoms with Gasteiger partial charge in [-0.2, -0.15) is 0 Å². The van der Waals surface area contributed by atoms with Crippen LogP contribution in [0.4, 0.5) is 0 Å². The van der Waals surface area contributed by atoms with Gasteiger partial charge in [0.2, 0.25) is 0 Å². The first-order chi connectivity index (χ1) is 13.5. The van der Waals surface area contributed by atoms with E-state index in [0.29, 0.717) is 15.8 Å². The Morgan fingerprint density at radius 1 is 1.11 bits per heavy atom. The summed E-state index contributed by atoms with van der Waals surface area (Å²) >= 11 is 15.5. The molecule has 0 bridgehead atoms. The molecule has 0 fully saturated rings. The van der Waals surface area contributed by atoms with Gasteiger partial charge in [-0.15, -0.1) is 21.5 Å². The molecule has 142 valence electrons. The second-order valence-electron chi connectivity index (χ2n) is 6.02. The number of hydrogen-bond donors (Lipinski definition) is 0. The molecule has 4 rings (SSSR count). The number of rotatable bonds is 5. The van der Waals surface area contributed by atoms with Crippen molar-refractivity contribution >= 4 is 56.5 Å². The summed E-state index contributed by atoms with van der Waals surface area (Å²) in [6.45, 7) is 1.99. The second kappa shape index (κ2) is 8.25. The fraction of sp³-hybridized carbons (Fsp3) is 0.150. The van der Waals surface area contributed by atoms with Crippen LogP contribution in [0, 0.1) is 6.92 Å². The van der Waals surface area contributed by atoms with E-state index >= 15 is 0 Å². The van der Waals surface area contributed by atoms with Crippen molar-refractivity contribution in [1.82, 2.24) is 15.2 Å². The van der Waals surface area contributed by atoms with Gasteiger partial charge in [0.1, 0.15) is 22.0 Å². The molecular weight excluding hydrogens is 433 g/mol. The molecular formula is C20H15Cl2N3OS2. The first-order valence-electron chi connectivity index (χ1n) is 8.40. The van der Waals surface area contributed by atoms with Crippen molar-refractivity contribution in [2.45, 2.75) is 17.7 Å². The number of halogens is 2. The molecule has 0 N–H and O–H groups in total. The van der Waals surface area contributed by atoms with E-state index in [1.807, 2.05) is 43.3 Å². The number of benzene rings is 2. The first kappa shape index (κ1) is 19.5. The maximum atomic E-state index is 6.29. The molecule has 2 aromatic heterocycles. The molecule has 4 nitrogen and oxygen atoms in total. The average Bonchev–Trinajstić information content (AvgIpc) is 3.08. The van der Waals surface area contributed by atoms with Crippen molar-refractivity contribution < 1.29 is 4.74 Å². The molecule has 8 heteroatoms. The van der Waals surface area contributed by atoms with Crippen molar-refractivity contribution in [2.24, 2.45) is 0 Å². The summed E-state index contributed by atoms with van der Waals surface area (Å²) in [4.78, 5) is 4.70. The maximum Gasteiger partial charge on any atom is 0.146 e. The van der Waals surface area contributed by atoms with Gasteiger partial charge in [-0.1, -0.05) is 53.2 Å². The first-order valence-corrected chi connectivity index (χ1v) is 11.0. The SMILES string of the molecule is COc1cccc(-c2nnc(SCc3ccc(Cl)cc3Cl)c3nc(C)sc23)c1. The van der Waals surface area contributed by atoms with Crippen molar-refractivity contribution in [3.8, 4) is 17.0 Å². The fourth-order valence-corrected chi connectivity index (χ4v) is 5.23. The van der Waals surface area contributed by atoms with Crippen molar-refractivity contribution in [2.75, 3.05) is 7.11 Å². The highest BCUT2D eigenvalue weighted by atomic mass is 35.5. The zero-order valence-corrected chi connectivity index (χ0v) is 18.2. The molecule has 2 aromatic carbocycles. The Balaban J connectivity index is 1.71. The summed E-state index contributed by atoms with van der Waals surface area (Å²) in [5.74, 6) is 1.44. The second-order valence-corrected chi connectivity index (χ2v) is 9.03. The Kier molecular flexibility index (Phi) is 5.73. The van der Waals surface area contributed by atoms with E-state index < -0.39 is 0 Å². The topological polar surface area (TPSA) is 47.9 Å². The minimum Gasteiger partial charge on any atom is -0.497 e. The summed E-state index contributed by atoms with van der Waals surface area (Å²) in [5, 5.41) is 12.0. The van der Waals surface area contributed by atoms with Gasteiger partial charge in [-0.3, -0.25) is 0 Å². The molecule has 0 aliphatic heterocycles. The van der Waals surface area contributed by atoms with E-state index in [1.54, 1.807) is 36.3 Å². The third-order valence-corrected chi connectivity index (χ3v) is 6.68. The smallest absolute Gasteiger partial charge is 0.146 e. The van der Waals surface area contributed by atoms with Crippen LogP contribution in [-0.2, 0) is 5.75 Å². The quantitative estimate of drug-likeness (QED) is 0.319. The summed E-state index contributed by atoms with van der Waals surface area (Å²) < 4.78 is 6.36. The van der Waals surface area contributed by atoms with Crippen LogP contribution in [0.2, 0.25) is 10.0 Å². The molecule has 28 heavy (non-hydrogen) atoms. The van der Waals surface area contributed by atoms with E-state index in [0.717, 1.165) is 42.8 Å². The summed E-state index contributed by atoms with van der Waals surface area (Å²) in [6, 6.07) is 13.3. The Labute approximate surface area is 180 Å². The minimum absolute atomic E-state index is 0.624. The normalized spacial score (nSPS) is 11.1. The van der Waals surface area contributed by atoms with E-state index in [2.05, 4.69) is 10.2 Å². The Morgan fingerprint density at radius 3 is 2.75 bits per heavy atom. The maximum absolute atomic E-state index is 6.29. The Hall–Kier alpha value is -1.86. The summed E-state index contributed by atoms with van der Waals surface area (Å²) in [6.07, 6.45) is 0. The van der Waals surface area contributed by atoms with Gasteiger partial charge < -0.3 is 4.74 Å². The molecule has 4 aromatic rings. The zero-order valence-electron chi connectivity index (χ0n) is 15.1. The number of nitrogens with zero attached hydrogens (tertiary/aromatic N) is 3. The molecule has 0 spiro atoms. The van der Waals surface area contributed by atoms with E-state index in [1.165, 1.54) is 0 Å². The monoisotopic (exact) mass is 447 g/mol. The minimum atomic E-state index is 0.624.